The second-order valence-electron chi connectivity index (χ2n) is 16.2. The molecule has 59 heavy (non-hydrogen) atoms. The summed E-state index contributed by atoms with van der Waals surface area (Å²) in [6, 6.07) is 6.34. The Morgan fingerprint density at radius 3 is 2.08 bits per heavy atom. The van der Waals surface area contributed by atoms with Gasteiger partial charge < -0.3 is 18.9 Å². The van der Waals surface area contributed by atoms with Gasteiger partial charge in [0.05, 0.1) is 34.1 Å². The summed E-state index contributed by atoms with van der Waals surface area (Å²) in [4.78, 5) is 19.2. The smallest absolute Gasteiger partial charge is 0.311 e. The van der Waals surface area contributed by atoms with E-state index in [2.05, 4.69) is 4.74 Å². The SMILES string of the molecule is CC1(C)CC(CS(=O)(=O)O)c2cc3c(cc2N1CCCS(=O)(=O)[O-])Oc1cc2c(cc1=N3)C(CS(=O)(=O)O)CC(C)(C)[N+]=2CCCC(=O)Oc1c(F)c(F)cc(F)c1F. The number of benzene rings is 3. The number of carbonyl (C=O) groups excluding carboxylic acids is 1. The van der Waals surface area contributed by atoms with Gasteiger partial charge in [-0.3, -0.25) is 13.9 Å². The van der Waals surface area contributed by atoms with Crippen LogP contribution in [0.5, 0.6) is 17.2 Å². The Hall–Kier alpha value is -4.22. The molecule has 3 aromatic rings. The number of esters is 1. The Morgan fingerprint density at radius 1 is 0.881 bits per heavy atom. The van der Waals surface area contributed by atoms with E-state index in [1.54, 1.807) is 38.1 Å². The Kier molecular flexibility index (Phi) is 11.8. The molecule has 0 amide bonds. The van der Waals surface area contributed by atoms with E-state index in [0.29, 0.717) is 22.2 Å². The van der Waals surface area contributed by atoms with Crippen LogP contribution in [0, 0.1) is 23.3 Å². The number of ether oxygens (including phenoxy) is 2. The lowest BCUT2D eigenvalue weighted by Gasteiger charge is -2.48. The van der Waals surface area contributed by atoms with Crippen molar-refractivity contribution in [1.82, 2.24) is 4.58 Å². The fourth-order valence-corrected chi connectivity index (χ4v) is 10.5. The van der Waals surface area contributed by atoms with Crippen molar-refractivity contribution < 1.29 is 70.7 Å². The monoisotopic (exact) mass is 891 g/mol. The highest BCUT2D eigenvalue weighted by Crippen LogP contribution is 2.49. The van der Waals surface area contributed by atoms with E-state index < -0.39 is 112 Å². The van der Waals surface area contributed by atoms with Gasteiger partial charge in [0.15, 0.2) is 28.7 Å². The molecule has 0 aromatic heterocycles. The number of hydrogen-bond donors (Lipinski definition) is 2. The summed E-state index contributed by atoms with van der Waals surface area (Å²) in [5, 5.41) is 0.670. The van der Waals surface area contributed by atoms with Gasteiger partial charge in [-0.25, -0.2) is 26.8 Å². The Balaban J connectivity index is 1.42. The van der Waals surface area contributed by atoms with Gasteiger partial charge >= 0.3 is 5.97 Å². The second kappa shape index (κ2) is 15.7. The molecule has 0 aliphatic carbocycles. The first-order chi connectivity index (χ1) is 27.1. The van der Waals surface area contributed by atoms with Crippen molar-refractivity contribution in [2.75, 3.05) is 35.2 Å². The Morgan fingerprint density at radius 2 is 1.49 bits per heavy atom. The van der Waals surface area contributed by atoms with Gasteiger partial charge in [0.25, 0.3) is 20.2 Å². The van der Waals surface area contributed by atoms with E-state index in [4.69, 9.17) is 9.73 Å². The van der Waals surface area contributed by atoms with E-state index >= 15 is 0 Å². The van der Waals surface area contributed by atoms with Crippen molar-refractivity contribution in [3.63, 3.8) is 0 Å². The fraction of sp³-hybridized carbons (Fsp3) is 0.486. The molecular formula is C37H41F4N3O12S3. The molecule has 3 aliphatic heterocycles. The van der Waals surface area contributed by atoms with E-state index in [-0.39, 0.29) is 67.4 Å². The highest BCUT2D eigenvalue weighted by molar-refractivity contribution is 7.86. The van der Waals surface area contributed by atoms with Crippen LogP contribution >= 0.6 is 0 Å². The van der Waals surface area contributed by atoms with Gasteiger partial charge in [0.2, 0.25) is 22.7 Å². The molecule has 15 nitrogen and oxygen atoms in total. The number of fused-ring (bicyclic) bond motifs is 4. The van der Waals surface area contributed by atoms with Gasteiger partial charge in [0, 0.05) is 65.9 Å². The van der Waals surface area contributed by atoms with Crippen molar-refractivity contribution in [2.45, 2.75) is 82.7 Å². The van der Waals surface area contributed by atoms with E-state index in [1.807, 2.05) is 23.3 Å². The van der Waals surface area contributed by atoms with Gasteiger partial charge in [-0.05, 0) is 58.2 Å². The Labute approximate surface area is 337 Å². The highest BCUT2D eigenvalue weighted by atomic mass is 32.2. The third-order valence-corrected chi connectivity index (χ3v) is 13.2. The van der Waals surface area contributed by atoms with Crippen LogP contribution in [-0.2, 0) is 35.1 Å². The van der Waals surface area contributed by atoms with Crippen molar-refractivity contribution in [3.05, 3.63) is 75.4 Å². The molecule has 22 heteroatoms. The summed E-state index contributed by atoms with van der Waals surface area (Å²) in [7, 11) is -13.5. The summed E-state index contributed by atoms with van der Waals surface area (Å²) >= 11 is 0. The minimum Gasteiger partial charge on any atom is -0.748 e. The molecule has 0 saturated heterocycles. The van der Waals surface area contributed by atoms with Gasteiger partial charge in [0.1, 0.15) is 17.6 Å². The fourth-order valence-electron chi connectivity index (χ4n) is 8.39. The first kappa shape index (κ1) is 44.3. The number of anilines is 1. The maximum absolute atomic E-state index is 14.2. The summed E-state index contributed by atoms with van der Waals surface area (Å²) in [5.41, 5.74) is -0.0363. The van der Waals surface area contributed by atoms with Crippen molar-refractivity contribution >= 4 is 47.7 Å². The molecule has 2 atom stereocenters. The van der Waals surface area contributed by atoms with Crippen molar-refractivity contribution in [2.24, 2.45) is 4.99 Å². The van der Waals surface area contributed by atoms with Crippen LogP contribution in [0.3, 0.4) is 0 Å². The van der Waals surface area contributed by atoms with Gasteiger partial charge in [-0.2, -0.15) is 25.6 Å². The zero-order valence-electron chi connectivity index (χ0n) is 32.2. The van der Waals surface area contributed by atoms with Gasteiger partial charge in [-0.15, -0.1) is 0 Å². The lowest BCUT2D eigenvalue weighted by Crippen LogP contribution is -2.54. The van der Waals surface area contributed by atoms with Crippen molar-refractivity contribution in [1.29, 1.82) is 0 Å². The quantitative estimate of drug-likeness (QED) is 0.0480. The third-order valence-electron chi connectivity index (χ3n) is 10.7. The highest BCUT2D eigenvalue weighted by Gasteiger charge is 2.43. The first-order valence-corrected chi connectivity index (χ1v) is 23.1. The molecule has 0 spiro atoms. The molecule has 3 aromatic carbocycles. The molecule has 6 rings (SSSR count). The molecular weight excluding hydrogens is 851 g/mol. The minimum absolute atomic E-state index is 0.0208. The number of rotatable bonds is 13. The molecule has 0 fully saturated rings. The molecule has 2 N–H and O–H groups in total. The van der Waals surface area contributed by atoms with Crippen LogP contribution in [0.4, 0.5) is 28.9 Å². The molecule has 3 aliphatic rings. The summed E-state index contributed by atoms with van der Waals surface area (Å²) in [5.74, 6) is -13.0. The third kappa shape index (κ3) is 9.88. The molecule has 322 valence electrons. The summed E-state index contributed by atoms with van der Waals surface area (Å²) in [6.45, 7) is 7.35. The topological polar surface area (TPSA) is 220 Å². The predicted octanol–water partition coefficient (Wildman–Crippen LogP) is 4.23. The maximum atomic E-state index is 14.2. The Bertz CT molecular complexity index is 2690. The second-order valence-corrected chi connectivity index (χ2v) is 20.7. The predicted molar refractivity (Wildman–Crippen MR) is 203 cm³/mol. The number of carbonyl (C=O) groups is 1. The lowest BCUT2D eigenvalue weighted by atomic mass is 9.79. The zero-order valence-corrected chi connectivity index (χ0v) is 34.6. The minimum atomic E-state index is -4.54. The molecule has 0 bridgehead atoms. The first-order valence-electron chi connectivity index (χ1n) is 18.3. The average Bonchev–Trinajstić information content (AvgIpc) is 3.07. The molecule has 0 radical (unpaired) electrons. The van der Waals surface area contributed by atoms with Crippen LogP contribution in [0.25, 0.3) is 0 Å². The zero-order chi connectivity index (χ0) is 43.6. The van der Waals surface area contributed by atoms with E-state index in [0.717, 1.165) is 0 Å². The van der Waals surface area contributed by atoms with Crippen LogP contribution in [0.1, 0.15) is 82.8 Å². The normalized spacial score (nSPS) is 19.4. The number of hydrogen-bond acceptors (Lipinski definition) is 12. The summed E-state index contributed by atoms with van der Waals surface area (Å²) in [6.07, 6.45) is -0.142. The van der Waals surface area contributed by atoms with Crippen LogP contribution in [-0.4, -0.2) is 86.3 Å². The van der Waals surface area contributed by atoms with Crippen LogP contribution in [0.15, 0.2) is 35.3 Å². The standard InChI is InChI=1S/C37H41F4N3O12S3/c1-36(2)16-20(18-58(49,50)51)22-11-26-30(14-28(22)43(36)8-5-7-32(45)56-35-33(40)24(38)13-25(39)34(35)41)55-31-15-29-23(12-27(31)42-26)21(19-59(52,53)54)17-37(3,4)44(29)9-6-10-57(46,47)48/h11-15,20-21H,5-10,16-19H2,1-4H3,(H2-,46,47,48,49,50,51,52,53,54). The van der Waals surface area contributed by atoms with E-state index in [9.17, 15) is 61.3 Å². The summed E-state index contributed by atoms with van der Waals surface area (Å²) < 4.78 is 171. The number of nitrogens with zero attached hydrogens (tertiary/aromatic N) is 3. The molecule has 0 saturated carbocycles. The largest absolute Gasteiger partial charge is 0.748 e. The lowest BCUT2D eigenvalue weighted by molar-refractivity contribution is -0.135. The number of halogens is 4. The van der Waals surface area contributed by atoms with Gasteiger partial charge in [-0.1, -0.05) is 0 Å². The van der Waals surface area contributed by atoms with Crippen LogP contribution in [0.2, 0.25) is 0 Å². The van der Waals surface area contributed by atoms with Crippen LogP contribution < -0.4 is 29.7 Å². The van der Waals surface area contributed by atoms with Crippen molar-refractivity contribution in [3.8, 4) is 17.2 Å². The van der Waals surface area contributed by atoms with E-state index in [1.165, 1.54) is 0 Å². The average molecular weight is 892 g/mol. The maximum Gasteiger partial charge on any atom is 0.311 e. The molecule has 2 unspecified atom stereocenters. The molecule has 3 heterocycles.